The molecule has 1 aromatic rings. The summed E-state index contributed by atoms with van der Waals surface area (Å²) in [6, 6.07) is 6.22. The van der Waals surface area contributed by atoms with Gasteiger partial charge in [-0.3, -0.25) is 0 Å². The second-order valence-electron chi connectivity index (χ2n) is 6.07. The summed E-state index contributed by atoms with van der Waals surface area (Å²) in [6.07, 6.45) is 6.78. The molecule has 0 radical (unpaired) electrons. The molecule has 0 spiro atoms. The van der Waals surface area contributed by atoms with Crippen LogP contribution >= 0.6 is 0 Å². The van der Waals surface area contributed by atoms with Crippen molar-refractivity contribution in [1.82, 2.24) is 0 Å². The standard InChI is InChI=1S/C17H24O2/c1-2-12-6-8-13(9-7-12)16(18)15-5-3-4-14-10-11-19-17(14)15/h3-5,12-13,16,18H,2,6-11H2,1H3. The van der Waals surface area contributed by atoms with E-state index in [1.165, 1.54) is 24.8 Å². The molecule has 1 aliphatic heterocycles. The first kappa shape index (κ1) is 13.0. The van der Waals surface area contributed by atoms with Gasteiger partial charge in [-0.15, -0.1) is 0 Å². The lowest BCUT2D eigenvalue weighted by atomic mass is 9.77. The maximum Gasteiger partial charge on any atom is 0.128 e. The minimum Gasteiger partial charge on any atom is -0.493 e. The largest absolute Gasteiger partial charge is 0.493 e. The first-order valence-corrected chi connectivity index (χ1v) is 7.72. The Morgan fingerprint density at radius 1 is 1.26 bits per heavy atom. The van der Waals surface area contributed by atoms with Crippen LogP contribution in [0.2, 0.25) is 0 Å². The number of benzene rings is 1. The van der Waals surface area contributed by atoms with Gasteiger partial charge in [0.2, 0.25) is 0 Å². The Hall–Kier alpha value is -1.02. The van der Waals surface area contributed by atoms with Gasteiger partial charge in [0.25, 0.3) is 0 Å². The van der Waals surface area contributed by atoms with Crippen LogP contribution in [0.25, 0.3) is 0 Å². The fraction of sp³-hybridized carbons (Fsp3) is 0.647. The van der Waals surface area contributed by atoms with Gasteiger partial charge < -0.3 is 9.84 Å². The smallest absolute Gasteiger partial charge is 0.128 e. The Morgan fingerprint density at radius 3 is 2.79 bits per heavy atom. The number of hydrogen-bond acceptors (Lipinski definition) is 2. The SMILES string of the molecule is CCC1CCC(C(O)c2cccc3c2OCC3)CC1. The molecule has 0 bridgehead atoms. The molecule has 2 nitrogen and oxygen atoms in total. The summed E-state index contributed by atoms with van der Waals surface area (Å²) in [5.41, 5.74) is 2.29. The fourth-order valence-electron chi connectivity index (χ4n) is 3.64. The first-order valence-electron chi connectivity index (χ1n) is 7.72. The average Bonchev–Trinajstić information content (AvgIpc) is 2.95. The monoisotopic (exact) mass is 260 g/mol. The summed E-state index contributed by atoms with van der Waals surface area (Å²) in [7, 11) is 0. The molecule has 1 aromatic carbocycles. The van der Waals surface area contributed by atoms with Gasteiger partial charge in [0.15, 0.2) is 0 Å². The molecule has 19 heavy (non-hydrogen) atoms. The summed E-state index contributed by atoms with van der Waals surface area (Å²) < 4.78 is 5.72. The quantitative estimate of drug-likeness (QED) is 0.894. The van der Waals surface area contributed by atoms with Crippen LogP contribution < -0.4 is 4.74 Å². The number of hydrogen-bond donors (Lipinski definition) is 1. The molecule has 1 saturated carbocycles. The van der Waals surface area contributed by atoms with Crippen molar-refractivity contribution >= 4 is 0 Å². The van der Waals surface area contributed by atoms with Crippen LogP contribution in [0.15, 0.2) is 18.2 Å². The third-order valence-corrected chi connectivity index (χ3v) is 4.98. The normalized spacial score (nSPS) is 27.7. The fourth-order valence-corrected chi connectivity index (χ4v) is 3.64. The Morgan fingerprint density at radius 2 is 2.05 bits per heavy atom. The predicted molar refractivity (Wildman–Crippen MR) is 76.3 cm³/mol. The predicted octanol–water partition coefficient (Wildman–Crippen LogP) is 3.87. The van der Waals surface area contributed by atoms with E-state index in [1.807, 2.05) is 6.07 Å². The van der Waals surface area contributed by atoms with E-state index in [9.17, 15) is 5.11 Å². The highest BCUT2D eigenvalue weighted by Gasteiger charge is 2.30. The zero-order valence-corrected chi connectivity index (χ0v) is 11.8. The Labute approximate surface area is 115 Å². The number of para-hydroxylation sites is 1. The van der Waals surface area contributed by atoms with E-state index in [0.717, 1.165) is 43.1 Å². The number of ether oxygens (including phenoxy) is 1. The van der Waals surface area contributed by atoms with Gasteiger partial charge in [0, 0.05) is 12.0 Å². The van der Waals surface area contributed by atoms with E-state index in [0.29, 0.717) is 5.92 Å². The maximum atomic E-state index is 10.7. The Kier molecular flexibility index (Phi) is 3.79. The van der Waals surface area contributed by atoms with Crippen molar-refractivity contribution < 1.29 is 9.84 Å². The molecule has 0 aromatic heterocycles. The summed E-state index contributed by atoms with van der Waals surface area (Å²) in [4.78, 5) is 0. The third kappa shape index (κ3) is 2.51. The van der Waals surface area contributed by atoms with Crippen molar-refractivity contribution in [3.8, 4) is 5.75 Å². The van der Waals surface area contributed by atoms with Gasteiger partial charge in [-0.05, 0) is 30.2 Å². The molecule has 0 amide bonds. The van der Waals surface area contributed by atoms with Crippen molar-refractivity contribution in [3.63, 3.8) is 0 Å². The minimum atomic E-state index is -0.342. The number of rotatable bonds is 3. The second-order valence-corrected chi connectivity index (χ2v) is 6.07. The van der Waals surface area contributed by atoms with E-state index in [-0.39, 0.29) is 6.10 Å². The van der Waals surface area contributed by atoms with E-state index in [1.54, 1.807) is 0 Å². The van der Waals surface area contributed by atoms with Crippen LogP contribution in [0.3, 0.4) is 0 Å². The van der Waals surface area contributed by atoms with E-state index in [4.69, 9.17) is 4.74 Å². The summed E-state index contributed by atoms with van der Waals surface area (Å²) in [6.45, 7) is 3.04. The molecule has 1 heterocycles. The van der Waals surface area contributed by atoms with Gasteiger partial charge in [0.1, 0.15) is 5.75 Å². The van der Waals surface area contributed by atoms with Crippen LogP contribution in [0.1, 0.15) is 56.3 Å². The van der Waals surface area contributed by atoms with Crippen LogP contribution in [0.4, 0.5) is 0 Å². The molecule has 1 fully saturated rings. The van der Waals surface area contributed by atoms with Crippen LogP contribution in [0, 0.1) is 11.8 Å². The van der Waals surface area contributed by atoms with E-state index in [2.05, 4.69) is 19.1 Å². The molecule has 2 heteroatoms. The van der Waals surface area contributed by atoms with Gasteiger partial charge in [0.05, 0.1) is 12.7 Å². The highest BCUT2D eigenvalue weighted by molar-refractivity contribution is 5.45. The van der Waals surface area contributed by atoms with Crippen molar-refractivity contribution in [3.05, 3.63) is 29.3 Å². The third-order valence-electron chi connectivity index (χ3n) is 4.98. The zero-order valence-electron chi connectivity index (χ0n) is 11.8. The molecule has 3 rings (SSSR count). The summed E-state index contributed by atoms with van der Waals surface area (Å²) in [5, 5.41) is 10.7. The lowest BCUT2D eigenvalue weighted by Gasteiger charge is -2.31. The lowest BCUT2D eigenvalue weighted by Crippen LogP contribution is -2.20. The first-order chi connectivity index (χ1) is 9.29. The maximum absolute atomic E-state index is 10.7. The van der Waals surface area contributed by atoms with Gasteiger partial charge in [-0.1, -0.05) is 44.4 Å². The highest BCUT2D eigenvalue weighted by atomic mass is 16.5. The topological polar surface area (TPSA) is 29.5 Å². The van der Waals surface area contributed by atoms with E-state index < -0.39 is 0 Å². The molecular weight excluding hydrogens is 236 g/mol. The molecule has 2 aliphatic rings. The van der Waals surface area contributed by atoms with Crippen LogP contribution in [0.5, 0.6) is 5.75 Å². The lowest BCUT2D eigenvalue weighted by molar-refractivity contribution is 0.0708. The molecule has 1 unspecified atom stereocenters. The molecule has 0 saturated heterocycles. The van der Waals surface area contributed by atoms with Gasteiger partial charge >= 0.3 is 0 Å². The van der Waals surface area contributed by atoms with Gasteiger partial charge in [-0.25, -0.2) is 0 Å². The van der Waals surface area contributed by atoms with Crippen LogP contribution in [-0.4, -0.2) is 11.7 Å². The molecule has 1 aliphatic carbocycles. The van der Waals surface area contributed by atoms with Crippen LogP contribution in [-0.2, 0) is 6.42 Å². The summed E-state index contributed by atoms with van der Waals surface area (Å²) >= 11 is 0. The summed E-state index contributed by atoms with van der Waals surface area (Å²) in [5.74, 6) is 2.26. The zero-order chi connectivity index (χ0) is 13.2. The highest BCUT2D eigenvalue weighted by Crippen LogP contribution is 2.42. The van der Waals surface area contributed by atoms with Crippen molar-refractivity contribution in [1.29, 1.82) is 0 Å². The Balaban J connectivity index is 1.74. The number of fused-ring (bicyclic) bond motifs is 1. The van der Waals surface area contributed by atoms with Crippen molar-refractivity contribution in [2.24, 2.45) is 11.8 Å². The second kappa shape index (κ2) is 5.54. The molecular formula is C17H24O2. The van der Waals surface area contributed by atoms with Gasteiger partial charge in [-0.2, -0.15) is 0 Å². The number of aliphatic hydroxyl groups is 1. The molecule has 1 N–H and O–H groups in total. The van der Waals surface area contributed by atoms with Crippen molar-refractivity contribution in [2.75, 3.05) is 6.61 Å². The molecule has 104 valence electrons. The van der Waals surface area contributed by atoms with E-state index >= 15 is 0 Å². The number of aliphatic hydroxyl groups excluding tert-OH is 1. The molecule has 1 atom stereocenters. The van der Waals surface area contributed by atoms with Crippen molar-refractivity contribution in [2.45, 2.75) is 51.6 Å². The minimum absolute atomic E-state index is 0.342. The average molecular weight is 260 g/mol. The Bertz CT molecular complexity index is 433.